The summed E-state index contributed by atoms with van der Waals surface area (Å²) in [6, 6.07) is 2.14. The van der Waals surface area contributed by atoms with Gasteiger partial charge in [0.1, 0.15) is 0 Å². The van der Waals surface area contributed by atoms with E-state index in [1.807, 2.05) is 6.21 Å². The lowest BCUT2D eigenvalue weighted by atomic mass is 9.90. The monoisotopic (exact) mass is 333 g/mol. The molecule has 2 fully saturated rings. The predicted molar refractivity (Wildman–Crippen MR) is 102 cm³/mol. The van der Waals surface area contributed by atoms with Gasteiger partial charge >= 0.3 is 0 Å². The Morgan fingerprint density at radius 3 is 2.21 bits per heavy atom. The number of fused-ring (bicyclic) bond motifs is 2. The van der Waals surface area contributed by atoms with E-state index in [1.165, 1.54) is 51.4 Å². The molecule has 0 spiro atoms. The van der Waals surface area contributed by atoms with Crippen molar-refractivity contribution < 1.29 is 0 Å². The molecule has 0 aromatic rings. The summed E-state index contributed by atoms with van der Waals surface area (Å²) >= 11 is 0. The molecule has 0 unspecified atom stereocenters. The minimum atomic E-state index is 0.445. The maximum Gasteiger partial charge on any atom is 0.0652 e. The molecule has 5 nitrogen and oxygen atoms in total. The van der Waals surface area contributed by atoms with Crippen LogP contribution in [0.25, 0.3) is 0 Å². The first-order chi connectivity index (χ1) is 11.9. The van der Waals surface area contributed by atoms with Crippen LogP contribution in [0.5, 0.6) is 0 Å². The van der Waals surface area contributed by atoms with Gasteiger partial charge in [-0.3, -0.25) is 4.99 Å². The smallest absolute Gasteiger partial charge is 0.0652 e. The van der Waals surface area contributed by atoms with Crippen LogP contribution in [0, 0.1) is 0 Å². The summed E-state index contributed by atoms with van der Waals surface area (Å²) in [5, 5.41) is 14.6. The molecular weight excluding hydrogens is 298 g/mol. The molecule has 24 heavy (non-hydrogen) atoms. The van der Waals surface area contributed by atoms with Gasteiger partial charge in [0.2, 0.25) is 0 Å². The van der Waals surface area contributed by atoms with Crippen molar-refractivity contribution in [2.75, 3.05) is 26.2 Å². The van der Waals surface area contributed by atoms with Crippen molar-refractivity contribution in [1.82, 2.24) is 21.3 Å². The summed E-state index contributed by atoms with van der Waals surface area (Å²) in [5.41, 5.74) is 0. The molecule has 136 valence electrons. The van der Waals surface area contributed by atoms with E-state index in [9.17, 15) is 0 Å². The van der Waals surface area contributed by atoms with Gasteiger partial charge in [-0.2, -0.15) is 0 Å². The maximum absolute atomic E-state index is 4.83. The number of allylic oxidation sites excluding steroid dienone is 1. The van der Waals surface area contributed by atoms with Crippen molar-refractivity contribution in [3.05, 3.63) is 12.3 Å². The normalized spacial score (nSPS) is 37.7. The van der Waals surface area contributed by atoms with Gasteiger partial charge < -0.3 is 21.3 Å². The topological polar surface area (TPSA) is 60.5 Å². The Morgan fingerprint density at radius 2 is 1.38 bits per heavy atom. The van der Waals surface area contributed by atoms with Crippen molar-refractivity contribution >= 4 is 6.21 Å². The summed E-state index contributed by atoms with van der Waals surface area (Å²) < 4.78 is 0. The van der Waals surface area contributed by atoms with Crippen molar-refractivity contribution in [2.45, 2.75) is 75.5 Å². The van der Waals surface area contributed by atoms with Crippen molar-refractivity contribution in [3.8, 4) is 0 Å². The third-order valence-electron chi connectivity index (χ3n) is 5.68. The van der Waals surface area contributed by atoms with Gasteiger partial charge in [-0.25, -0.2) is 0 Å². The lowest BCUT2D eigenvalue weighted by molar-refractivity contribution is 0.301. The zero-order chi connectivity index (χ0) is 16.5. The van der Waals surface area contributed by atoms with Gasteiger partial charge in [0.15, 0.2) is 0 Å². The standard InChI is InChI=1S/C19H35N5/c1-3-8-18-16(6-1)21-10-5-11-22-17-7-2-4-9-19(17)24-15-13-20-12-14-23-18/h5,10-11,16-21,23-24H,1-4,6-9,12-15H2/b10-5-,22-11?/t16-,17-,18-,19-/m1/s1. The number of nitrogens with zero attached hydrogens (tertiary/aromatic N) is 1. The van der Waals surface area contributed by atoms with Crippen LogP contribution in [-0.4, -0.2) is 56.6 Å². The van der Waals surface area contributed by atoms with E-state index < -0.39 is 0 Å². The molecule has 5 heteroatoms. The molecule has 3 rings (SSSR count). The van der Waals surface area contributed by atoms with Crippen LogP contribution in [0.2, 0.25) is 0 Å². The highest BCUT2D eigenvalue weighted by molar-refractivity contribution is 5.71. The molecular formula is C19H35N5. The molecule has 1 heterocycles. The lowest BCUT2D eigenvalue weighted by Crippen LogP contribution is -2.50. The van der Waals surface area contributed by atoms with E-state index in [2.05, 4.69) is 33.5 Å². The van der Waals surface area contributed by atoms with Crippen LogP contribution >= 0.6 is 0 Å². The molecule has 3 aliphatic rings. The summed E-state index contributed by atoms with van der Waals surface area (Å²) in [6.45, 7) is 4.19. The second kappa shape index (κ2) is 10.2. The quantitative estimate of drug-likeness (QED) is 0.543. The molecule has 1 aliphatic heterocycles. The average molecular weight is 334 g/mol. The minimum Gasteiger partial charge on any atom is -0.387 e. The molecule has 0 amide bonds. The highest BCUT2D eigenvalue weighted by atomic mass is 15.0. The highest BCUT2D eigenvalue weighted by Crippen LogP contribution is 2.21. The largest absolute Gasteiger partial charge is 0.387 e. The highest BCUT2D eigenvalue weighted by Gasteiger charge is 2.24. The van der Waals surface area contributed by atoms with Gasteiger partial charge in [0.05, 0.1) is 6.04 Å². The van der Waals surface area contributed by atoms with E-state index in [0.29, 0.717) is 24.2 Å². The SMILES string of the molecule is C1=N[C@@H]2CCCC[C@H]2NCCNCCN[C@@H]2CCCC[C@H]2N/C=C\1. The molecule has 0 saturated heterocycles. The van der Waals surface area contributed by atoms with Crippen LogP contribution in [0.3, 0.4) is 0 Å². The Labute approximate surface area is 147 Å². The van der Waals surface area contributed by atoms with Crippen molar-refractivity contribution in [1.29, 1.82) is 0 Å². The fraction of sp³-hybridized carbons (Fsp3) is 0.842. The van der Waals surface area contributed by atoms with Gasteiger partial charge in [-0.05, 0) is 38.0 Å². The second-order valence-electron chi connectivity index (χ2n) is 7.44. The minimum absolute atomic E-state index is 0.445. The summed E-state index contributed by atoms with van der Waals surface area (Å²) in [6.07, 6.45) is 16.6. The maximum atomic E-state index is 4.83. The molecule has 2 aliphatic carbocycles. The second-order valence-corrected chi connectivity index (χ2v) is 7.44. The molecule has 0 radical (unpaired) electrons. The van der Waals surface area contributed by atoms with Gasteiger partial charge in [-0.1, -0.05) is 25.7 Å². The van der Waals surface area contributed by atoms with E-state index >= 15 is 0 Å². The Kier molecular flexibility index (Phi) is 7.58. The zero-order valence-corrected chi connectivity index (χ0v) is 15.0. The third-order valence-corrected chi connectivity index (χ3v) is 5.68. The third kappa shape index (κ3) is 5.57. The number of aliphatic imine (C=N–C) groups is 1. The number of nitrogens with one attached hydrogen (secondary N) is 4. The van der Waals surface area contributed by atoms with Gasteiger partial charge in [-0.15, -0.1) is 0 Å². The first-order valence-corrected chi connectivity index (χ1v) is 10.1. The Morgan fingerprint density at radius 1 is 0.708 bits per heavy atom. The van der Waals surface area contributed by atoms with Crippen LogP contribution in [-0.2, 0) is 0 Å². The zero-order valence-electron chi connectivity index (χ0n) is 15.0. The Hall–Kier alpha value is -0.910. The van der Waals surface area contributed by atoms with Gasteiger partial charge in [0, 0.05) is 50.5 Å². The predicted octanol–water partition coefficient (Wildman–Crippen LogP) is 1.57. The van der Waals surface area contributed by atoms with E-state index in [-0.39, 0.29) is 0 Å². The van der Waals surface area contributed by atoms with E-state index in [0.717, 1.165) is 26.2 Å². The number of hydrogen-bond donors (Lipinski definition) is 4. The van der Waals surface area contributed by atoms with Crippen LogP contribution in [0.4, 0.5) is 0 Å². The van der Waals surface area contributed by atoms with E-state index in [4.69, 9.17) is 4.99 Å². The first kappa shape index (κ1) is 17.9. The lowest BCUT2D eigenvalue weighted by Gasteiger charge is -2.33. The molecule has 0 aromatic heterocycles. The molecule has 4 atom stereocenters. The summed E-state index contributed by atoms with van der Waals surface area (Å²) in [7, 11) is 0. The molecule has 0 bridgehead atoms. The molecule has 4 N–H and O–H groups in total. The first-order valence-electron chi connectivity index (χ1n) is 10.1. The van der Waals surface area contributed by atoms with Crippen LogP contribution in [0.1, 0.15) is 51.4 Å². The number of hydrogen-bond acceptors (Lipinski definition) is 5. The van der Waals surface area contributed by atoms with Crippen molar-refractivity contribution in [2.24, 2.45) is 4.99 Å². The van der Waals surface area contributed by atoms with Crippen molar-refractivity contribution in [3.63, 3.8) is 0 Å². The van der Waals surface area contributed by atoms with Crippen LogP contribution < -0.4 is 21.3 Å². The summed E-state index contributed by atoms with van der Waals surface area (Å²) in [4.78, 5) is 4.83. The van der Waals surface area contributed by atoms with Crippen LogP contribution in [0.15, 0.2) is 17.3 Å². The Bertz CT molecular complexity index is 409. The summed E-state index contributed by atoms with van der Waals surface area (Å²) in [5.74, 6) is 0. The Balaban J connectivity index is 1.59. The fourth-order valence-electron chi connectivity index (χ4n) is 4.30. The molecule has 2 saturated carbocycles. The van der Waals surface area contributed by atoms with Gasteiger partial charge in [0.25, 0.3) is 0 Å². The molecule has 0 aromatic carbocycles. The fourth-order valence-corrected chi connectivity index (χ4v) is 4.30. The van der Waals surface area contributed by atoms with E-state index in [1.54, 1.807) is 0 Å². The average Bonchev–Trinajstić information content (AvgIpc) is 2.62. The number of rotatable bonds is 0.